The average molecular weight is 366 g/mol. The molecule has 5 nitrogen and oxygen atoms in total. The highest BCUT2D eigenvalue weighted by molar-refractivity contribution is 5.96. The molecule has 2 aromatic heterocycles. The van der Waals surface area contributed by atoms with Gasteiger partial charge in [-0.1, -0.05) is 24.3 Å². The highest BCUT2D eigenvalue weighted by Gasteiger charge is 2.22. The first-order valence-electron chi connectivity index (χ1n) is 9.34. The van der Waals surface area contributed by atoms with Gasteiger partial charge in [0.05, 0.1) is 12.3 Å². The molecule has 3 aromatic rings. The van der Waals surface area contributed by atoms with Crippen LogP contribution in [-0.4, -0.2) is 33.5 Å². The Labute approximate surface area is 159 Å². The molecule has 1 atom stereocenters. The number of aliphatic hydroxyl groups excluding tert-OH is 1. The number of rotatable bonds is 8. The number of aryl methyl sites for hydroxylation is 2. The van der Waals surface area contributed by atoms with Gasteiger partial charge in [0.2, 0.25) is 0 Å². The van der Waals surface area contributed by atoms with E-state index in [1.807, 2.05) is 44.3 Å². The molecule has 0 unspecified atom stereocenters. The molecule has 27 heavy (non-hydrogen) atoms. The van der Waals surface area contributed by atoms with E-state index >= 15 is 0 Å². The average Bonchev–Trinajstić information content (AvgIpc) is 3.00. The number of carbonyl (C=O) groups is 1. The Balaban J connectivity index is 1.86. The smallest absolute Gasteiger partial charge is 0.181 e. The lowest BCUT2D eigenvalue weighted by atomic mass is 9.92. The number of aliphatic hydroxyl groups is 1. The number of hydrogen-bond acceptors (Lipinski definition) is 4. The summed E-state index contributed by atoms with van der Waals surface area (Å²) in [6, 6.07) is 11.8. The summed E-state index contributed by atoms with van der Waals surface area (Å²) >= 11 is 0. The molecule has 0 aliphatic heterocycles. The molecule has 0 amide bonds. The van der Waals surface area contributed by atoms with Crippen molar-refractivity contribution >= 4 is 11.4 Å². The standard InChI is InChI=1S/C22H26N2O3/c1-4-27-20-10-7-11-24-21(16(3)23-22(20)24)19(26)13-17(14-25)12-18-9-6-5-8-15(18)2/h5-11,17,25H,4,12-14H2,1-3H3/t17-/m0/s1. The van der Waals surface area contributed by atoms with Gasteiger partial charge < -0.3 is 9.84 Å². The van der Waals surface area contributed by atoms with Crippen molar-refractivity contribution in [1.29, 1.82) is 0 Å². The number of hydrogen-bond donors (Lipinski definition) is 1. The van der Waals surface area contributed by atoms with Gasteiger partial charge in [-0.2, -0.15) is 0 Å². The third-order valence-corrected chi connectivity index (χ3v) is 4.85. The fraction of sp³-hybridized carbons (Fsp3) is 0.364. The van der Waals surface area contributed by atoms with Crippen LogP contribution in [0.1, 0.15) is 40.7 Å². The van der Waals surface area contributed by atoms with Crippen molar-refractivity contribution in [2.45, 2.75) is 33.6 Å². The van der Waals surface area contributed by atoms with Crippen molar-refractivity contribution in [1.82, 2.24) is 9.38 Å². The Hall–Kier alpha value is -2.66. The maximum absolute atomic E-state index is 13.0. The quantitative estimate of drug-likeness (QED) is 0.616. The summed E-state index contributed by atoms with van der Waals surface area (Å²) in [7, 11) is 0. The van der Waals surface area contributed by atoms with Crippen LogP contribution in [0.5, 0.6) is 5.75 Å². The van der Waals surface area contributed by atoms with Gasteiger partial charge in [0, 0.05) is 19.2 Å². The van der Waals surface area contributed by atoms with Crippen molar-refractivity contribution in [2.75, 3.05) is 13.2 Å². The highest BCUT2D eigenvalue weighted by atomic mass is 16.5. The number of aromatic nitrogens is 2. The minimum Gasteiger partial charge on any atom is -0.490 e. The zero-order valence-corrected chi connectivity index (χ0v) is 16.1. The molecule has 3 rings (SSSR count). The van der Waals surface area contributed by atoms with E-state index in [-0.39, 0.29) is 24.7 Å². The van der Waals surface area contributed by atoms with E-state index in [1.54, 1.807) is 4.40 Å². The second-order valence-corrected chi connectivity index (χ2v) is 6.85. The minimum absolute atomic E-state index is 0.0127. The van der Waals surface area contributed by atoms with E-state index in [0.717, 1.165) is 5.56 Å². The van der Waals surface area contributed by atoms with Crippen LogP contribution >= 0.6 is 0 Å². The van der Waals surface area contributed by atoms with Gasteiger partial charge in [0.1, 0.15) is 5.69 Å². The van der Waals surface area contributed by atoms with Crippen LogP contribution in [0.3, 0.4) is 0 Å². The van der Waals surface area contributed by atoms with Gasteiger partial charge in [-0.05, 0) is 56.4 Å². The number of benzene rings is 1. The van der Waals surface area contributed by atoms with Crippen LogP contribution in [-0.2, 0) is 6.42 Å². The van der Waals surface area contributed by atoms with Crippen LogP contribution < -0.4 is 4.74 Å². The summed E-state index contributed by atoms with van der Waals surface area (Å²) in [5.74, 6) is 0.528. The number of ketones is 1. The predicted octanol–water partition coefficient (Wildman–Crippen LogP) is 3.77. The Kier molecular flexibility index (Phi) is 5.91. The van der Waals surface area contributed by atoms with Gasteiger partial charge in [-0.3, -0.25) is 9.20 Å². The van der Waals surface area contributed by atoms with Crippen molar-refractivity contribution in [3.05, 3.63) is 65.1 Å². The molecule has 0 aliphatic rings. The zero-order valence-electron chi connectivity index (χ0n) is 16.1. The topological polar surface area (TPSA) is 63.8 Å². The van der Waals surface area contributed by atoms with Crippen LogP contribution in [0.25, 0.3) is 5.65 Å². The lowest BCUT2D eigenvalue weighted by Gasteiger charge is -2.15. The van der Waals surface area contributed by atoms with Gasteiger partial charge in [0.25, 0.3) is 0 Å². The third-order valence-electron chi connectivity index (χ3n) is 4.85. The van der Waals surface area contributed by atoms with Gasteiger partial charge in [0.15, 0.2) is 17.2 Å². The molecular formula is C22H26N2O3. The molecule has 0 spiro atoms. The van der Waals surface area contributed by atoms with Gasteiger partial charge in [-0.25, -0.2) is 4.98 Å². The minimum atomic E-state index is -0.126. The molecule has 0 saturated heterocycles. The maximum Gasteiger partial charge on any atom is 0.181 e. The number of imidazole rings is 1. The first kappa shape index (κ1) is 19.1. The van der Waals surface area contributed by atoms with E-state index in [0.29, 0.717) is 35.8 Å². The van der Waals surface area contributed by atoms with Crippen molar-refractivity contribution in [3.8, 4) is 5.75 Å². The first-order chi connectivity index (χ1) is 13.0. The van der Waals surface area contributed by atoms with E-state index in [2.05, 4.69) is 24.0 Å². The number of ether oxygens (including phenoxy) is 1. The number of Topliss-reactive ketones (excluding diaryl/α,β-unsaturated/α-hetero) is 1. The summed E-state index contributed by atoms with van der Waals surface area (Å²) in [5.41, 5.74) is 4.24. The summed E-state index contributed by atoms with van der Waals surface area (Å²) in [6.07, 6.45) is 2.79. The molecule has 0 radical (unpaired) electrons. The molecular weight excluding hydrogens is 340 g/mol. The summed E-state index contributed by atoms with van der Waals surface area (Å²) in [6.45, 7) is 6.32. The highest BCUT2D eigenvalue weighted by Crippen LogP contribution is 2.24. The number of pyridine rings is 1. The molecule has 2 heterocycles. The Morgan fingerprint density at radius 1 is 1.22 bits per heavy atom. The van der Waals surface area contributed by atoms with Crippen LogP contribution in [0.2, 0.25) is 0 Å². The second kappa shape index (κ2) is 8.35. The molecule has 5 heteroatoms. The molecule has 1 aromatic carbocycles. The van der Waals surface area contributed by atoms with Crippen molar-refractivity contribution < 1.29 is 14.6 Å². The van der Waals surface area contributed by atoms with E-state index in [9.17, 15) is 9.90 Å². The fourth-order valence-electron chi connectivity index (χ4n) is 3.47. The van der Waals surface area contributed by atoms with E-state index in [4.69, 9.17) is 4.74 Å². The maximum atomic E-state index is 13.0. The van der Waals surface area contributed by atoms with Gasteiger partial charge >= 0.3 is 0 Å². The molecule has 1 N–H and O–H groups in total. The molecule has 0 bridgehead atoms. The van der Waals surface area contributed by atoms with E-state index in [1.165, 1.54) is 5.56 Å². The monoisotopic (exact) mass is 366 g/mol. The summed E-state index contributed by atoms with van der Waals surface area (Å²) in [5, 5.41) is 9.83. The van der Waals surface area contributed by atoms with Crippen LogP contribution in [0.4, 0.5) is 0 Å². The molecule has 142 valence electrons. The van der Waals surface area contributed by atoms with Gasteiger partial charge in [-0.15, -0.1) is 0 Å². The fourth-order valence-corrected chi connectivity index (χ4v) is 3.47. The number of nitrogens with zero attached hydrogens (tertiary/aromatic N) is 2. The number of carbonyl (C=O) groups excluding carboxylic acids is 1. The van der Waals surface area contributed by atoms with Crippen LogP contribution in [0.15, 0.2) is 42.6 Å². The SMILES string of the molecule is CCOc1cccn2c(C(=O)C[C@@H](CO)Cc3ccccc3C)c(C)nc12. The Bertz CT molecular complexity index is 946. The molecule has 0 aliphatic carbocycles. The van der Waals surface area contributed by atoms with Crippen molar-refractivity contribution in [3.63, 3.8) is 0 Å². The first-order valence-corrected chi connectivity index (χ1v) is 9.34. The normalized spacial score (nSPS) is 12.3. The zero-order chi connectivity index (χ0) is 19.4. The largest absolute Gasteiger partial charge is 0.490 e. The van der Waals surface area contributed by atoms with E-state index < -0.39 is 0 Å². The lowest BCUT2D eigenvalue weighted by molar-refractivity contribution is 0.0929. The van der Waals surface area contributed by atoms with Crippen molar-refractivity contribution in [2.24, 2.45) is 5.92 Å². The Morgan fingerprint density at radius 2 is 2.00 bits per heavy atom. The summed E-state index contributed by atoms with van der Waals surface area (Å²) in [4.78, 5) is 17.6. The molecule has 0 fully saturated rings. The summed E-state index contributed by atoms with van der Waals surface area (Å²) < 4.78 is 7.42. The third kappa shape index (κ3) is 4.03. The second-order valence-electron chi connectivity index (χ2n) is 6.85. The predicted molar refractivity (Wildman–Crippen MR) is 106 cm³/mol. The van der Waals surface area contributed by atoms with Crippen LogP contribution in [0, 0.1) is 19.8 Å². The lowest BCUT2D eigenvalue weighted by Crippen LogP contribution is -2.17. The molecule has 0 saturated carbocycles. The number of fused-ring (bicyclic) bond motifs is 1. The Morgan fingerprint density at radius 3 is 2.70 bits per heavy atom.